The lowest BCUT2D eigenvalue weighted by Crippen LogP contribution is -2.43. The minimum Gasteiger partial charge on any atom is -0.369 e. The van der Waals surface area contributed by atoms with Gasteiger partial charge in [-0.1, -0.05) is 6.92 Å². The van der Waals surface area contributed by atoms with Crippen molar-refractivity contribution < 1.29 is 4.79 Å². The van der Waals surface area contributed by atoms with Gasteiger partial charge in [-0.2, -0.15) is 0 Å². The quantitative estimate of drug-likeness (QED) is 0.724. The van der Waals surface area contributed by atoms with Crippen molar-refractivity contribution >= 4 is 5.91 Å². The van der Waals surface area contributed by atoms with Gasteiger partial charge in [0.1, 0.15) is 0 Å². The van der Waals surface area contributed by atoms with Crippen molar-refractivity contribution in [3.8, 4) is 0 Å². The molecule has 17 heavy (non-hydrogen) atoms. The highest BCUT2D eigenvalue weighted by molar-refractivity contribution is 5.76. The largest absolute Gasteiger partial charge is 0.369 e. The lowest BCUT2D eigenvalue weighted by Gasteiger charge is -2.33. The molecule has 1 unspecified atom stereocenters. The molecule has 0 spiro atoms. The molecule has 1 aliphatic heterocycles. The summed E-state index contributed by atoms with van der Waals surface area (Å²) in [6.45, 7) is 10.4. The van der Waals surface area contributed by atoms with Crippen LogP contribution in [0.2, 0.25) is 0 Å². The zero-order valence-electron chi connectivity index (χ0n) is 11.4. The third kappa shape index (κ3) is 5.04. The van der Waals surface area contributed by atoms with Crippen LogP contribution in [0.5, 0.6) is 0 Å². The Morgan fingerprint density at radius 1 is 1.35 bits per heavy atom. The van der Waals surface area contributed by atoms with Gasteiger partial charge in [0, 0.05) is 25.0 Å². The van der Waals surface area contributed by atoms with Gasteiger partial charge >= 0.3 is 0 Å². The molecular weight excluding hydrogens is 214 g/mol. The number of hydrogen-bond donors (Lipinski definition) is 2. The van der Waals surface area contributed by atoms with Crippen molar-refractivity contribution in [3.05, 3.63) is 0 Å². The molecule has 0 aromatic carbocycles. The lowest BCUT2D eigenvalue weighted by molar-refractivity contribution is -0.122. The number of carbonyl (C=O) groups excluding carboxylic acids is 1. The molecule has 1 heterocycles. The molecule has 1 atom stereocenters. The fourth-order valence-corrected chi connectivity index (χ4v) is 2.33. The van der Waals surface area contributed by atoms with Crippen molar-refractivity contribution in [1.29, 1.82) is 0 Å². The average Bonchev–Trinajstić information content (AvgIpc) is 2.29. The third-order valence-electron chi connectivity index (χ3n) is 3.68. The molecule has 0 aromatic heterocycles. The van der Waals surface area contributed by atoms with Gasteiger partial charge in [0.15, 0.2) is 0 Å². The van der Waals surface area contributed by atoms with Gasteiger partial charge in [0.2, 0.25) is 5.91 Å². The summed E-state index contributed by atoms with van der Waals surface area (Å²) in [4.78, 5) is 13.5. The highest BCUT2D eigenvalue weighted by atomic mass is 16.1. The molecule has 0 saturated carbocycles. The Balaban J connectivity index is 2.44. The van der Waals surface area contributed by atoms with Crippen molar-refractivity contribution in [3.63, 3.8) is 0 Å². The SMILES string of the molecule is CC(CN(CC1CCNCC1)C(C)C)C(N)=O. The van der Waals surface area contributed by atoms with E-state index >= 15 is 0 Å². The number of piperidine rings is 1. The van der Waals surface area contributed by atoms with Gasteiger partial charge in [-0.15, -0.1) is 0 Å². The molecule has 0 aliphatic carbocycles. The van der Waals surface area contributed by atoms with Gasteiger partial charge in [0.05, 0.1) is 0 Å². The molecule has 1 rings (SSSR count). The molecular formula is C13H27N3O. The van der Waals surface area contributed by atoms with E-state index < -0.39 is 0 Å². The first-order chi connectivity index (χ1) is 8.00. The molecule has 1 amide bonds. The van der Waals surface area contributed by atoms with E-state index in [9.17, 15) is 4.79 Å². The summed E-state index contributed by atoms with van der Waals surface area (Å²) in [6, 6.07) is 0.478. The summed E-state index contributed by atoms with van der Waals surface area (Å²) in [5.41, 5.74) is 5.34. The molecule has 1 aliphatic rings. The van der Waals surface area contributed by atoms with E-state index in [-0.39, 0.29) is 11.8 Å². The molecule has 1 fully saturated rings. The van der Waals surface area contributed by atoms with Crippen LogP contribution in [-0.2, 0) is 4.79 Å². The Bertz CT molecular complexity index is 237. The van der Waals surface area contributed by atoms with Crippen molar-refractivity contribution in [1.82, 2.24) is 10.2 Å². The minimum absolute atomic E-state index is 0.0564. The molecule has 4 nitrogen and oxygen atoms in total. The van der Waals surface area contributed by atoms with Gasteiger partial charge in [-0.3, -0.25) is 9.69 Å². The van der Waals surface area contributed by atoms with Crippen LogP contribution >= 0.6 is 0 Å². The highest BCUT2D eigenvalue weighted by Gasteiger charge is 2.21. The number of primary amides is 1. The van der Waals surface area contributed by atoms with E-state index in [4.69, 9.17) is 5.73 Å². The average molecular weight is 241 g/mol. The van der Waals surface area contributed by atoms with Crippen molar-refractivity contribution in [2.24, 2.45) is 17.6 Å². The van der Waals surface area contributed by atoms with Gasteiger partial charge in [-0.05, 0) is 45.7 Å². The summed E-state index contributed by atoms with van der Waals surface area (Å²) in [6.07, 6.45) is 2.49. The predicted octanol–water partition coefficient (Wildman–Crippen LogP) is 0.818. The standard InChI is InChI=1S/C13H27N3O/c1-10(2)16(8-11(3)13(14)17)9-12-4-6-15-7-5-12/h10-12,15H,4-9H2,1-3H3,(H2,14,17). The van der Waals surface area contributed by atoms with E-state index in [1.54, 1.807) is 0 Å². The summed E-state index contributed by atoms with van der Waals surface area (Å²) in [5.74, 6) is 0.513. The Morgan fingerprint density at radius 3 is 2.41 bits per heavy atom. The number of amides is 1. The van der Waals surface area contributed by atoms with Crippen LogP contribution in [-0.4, -0.2) is 43.0 Å². The van der Waals surface area contributed by atoms with Crippen LogP contribution in [0.3, 0.4) is 0 Å². The van der Waals surface area contributed by atoms with Gasteiger partial charge in [-0.25, -0.2) is 0 Å². The fraction of sp³-hybridized carbons (Fsp3) is 0.923. The number of carbonyl (C=O) groups is 1. The Morgan fingerprint density at radius 2 is 1.94 bits per heavy atom. The second-order valence-corrected chi connectivity index (χ2v) is 5.54. The first-order valence-corrected chi connectivity index (χ1v) is 6.74. The van der Waals surface area contributed by atoms with E-state index in [0.29, 0.717) is 6.04 Å². The number of rotatable bonds is 6. The molecule has 1 saturated heterocycles. The first kappa shape index (κ1) is 14.5. The smallest absolute Gasteiger partial charge is 0.221 e. The second kappa shape index (κ2) is 6.97. The molecule has 100 valence electrons. The van der Waals surface area contributed by atoms with E-state index in [2.05, 4.69) is 24.1 Å². The van der Waals surface area contributed by atoms with Crippen LogP contribution in [0.4, 0.5) is 0 Å². The first-order valence-electron chi connectivity index (χ1n) is 6.74. The molecule has 0 bridgehead atoms. The molecule has 3 N–H and O–H groups in total. The lowest BCUT2D eigenvalue weighted by atomic mass is 9.96. The Labute approximate surface area is 105 Å². The maximum absolute atomic E-state index is 11.1. The van der Waals surface area contributed by atoms with Crippen LogP contribution in [0.1, 0.15) is 33.6 Å². The molecule has 0 radical (unpaired) electrons. The Kier molecular flexibility index (Phi) is 5.92. The van der Waals surface area contributed by atoms with Crippen LogP contribution in [0.25, 0.3) is 0 Å². The van der Waals surface area contributed by atoms with Crippen LogP contribution in [0, 0.1) is 11.8 Å². The zero-order valence-corrected chi connectivity index (χ0v) is 11.4. The van der Waals surface area contributed by atoms with Crippen LogP contribution in [0.15, 0.2) is 0 Å². The minimum atomic E-state index is -0.194. The zero-order chi connectivity index (χ0) is 12.8. The monoisotopic (exact) mass is 241 g/mol. The summed E-state index contributed by atoms with van der Waals surface area (Å²) >= 11 is 0. The van der Waals surface area contributed by atoms with Crippen molar-refractivity contribution in [2.75, 3.05) is 26.2 Å². The summed E-state index contributed by atoms with van der Waals surface area (Å²) < 4.78 is 0. The Hall–Kier alpha value is -0.610. The molecule has 4 heteroatoms. The maximum atomic E-state index is 11.1. The van der Waals surface area contributed by atoms with Crippen LogP contribution < -0.4 is 11.1 Å². The third-order valence-corrected chi connectivity index (χ3v) is 3.68. The molecule has 0 aromatic rings. The topological polar surface area (TPSA) is 58.4 Å². The summed E-state index contributed by atoms with van der Waals surface area (Å²) in [5, 5.41) is 3.38. The number of nitrogens with one attached hydrogen (secondary N) is 1. The van der Waals surface area contributed by atoms with E-state index in [1.165, 1.54) is 12.8 Å². The highest BCUT2D eigenvalue weighted by Crippen LogP contribution is 2.16. The van der Waals surface area contributed by atoms with E-state index in [1.807, 2.05) is 6.92 Å². The predicted molar refractivity (Wildman–Crippen MR) is 70.7 cm³/mol. The number of nitrogens with zero attached hydrogens (tertiary/aromatic N) is 1. The number of hydrogen-bond acceptors (Lipinski definition) is 3. The number of nitrogens with two attached hydrogens (primary N) is 1. The summed E-state index contributed by atoms with van der Waals surface area (Å²) in [7, 11) is 0. The fourth-order valence-electron chi connectivity index (χ4n) is 2.33. The van der Waals surface area contributed by atoms with E-state index in [0.717, 1.165) is 32.1 Å². The second-order valence-electron chi connectivity index (χ2n) is 5.54. The maximum Gasteiger partial charge on any atom is 0.221 e. The van der Waals surface area contributed by atoms with Crippen molar-refractivity contribution in [2.45, 2.75) is 39.7 Å². The normalized spacial score (nSPS) is 19.8. The van der Waals surface area contributed by atoms with Gasteiger partial charge in [0.25, 0.3) is 0 Å². The van der Waals surface area contributed by atoms with Gasteiger partial charge < -0.3 is 11.1 Å².